The lowest BCUT2D eigenvalue weighted by molar-refractivity contribution is 0.0937. The molecule has 1 aliphatic heterocycles. The minimum absolute atomic E-state index is 0.127. The molecule has 19 heavy (non-hydrogen) atoms. The van der Waals surface area contributed by atoms with Crippen LogP contribution < -0.4 is 10.6 Å². The monoisotopic (exact) mass is 266 g/mol. The third kappa shape index (κ3) is 3.33. The highest BCUT2D eigenvalue weighted by Gasteiger charge is 2.21. The second kappa shape index (κ2) is 6.68. The van der Waals surface area contributed by atoms with Gasteiger partial charge in [0, 0.05) is 43.9 Å². The van der Waals surface area contributed by atoms with Crippen LogP contribution >= 0.6 is 0 Å². The zero-order chi connectivity index (χ0) is 13.7. The number of nitrogens with zero attached hydrogens (tertiary/aromatic N) is 1. The number of rotatable bonds is 6. The van der Waals surface area contributed by atoms with Crippen molar-refractivity contribution in [1.29, 1.82) is 0 Å². The predicted molar refractivity (Wildman–Crippen MR) is 71.8 cm³/mol. The quantitative estimate of drug-likeness (QED) is 0.592. The van der Waals surface area contributed by atoms with E-state index in [0.29, 0.717) is 24.7 Å². The topological polar surface area (TPSA) is 90.0 Å². The molecule has 4 N–H and O–H groups in total. The van der Waals surface area contributed by atoms with E-state index in [9.17, 15) is 4.79 Å². The van der Waals surface area contributed by atoms with E-state index in [2.05, 4.69) is 27.8 Å². The van der Waals surface area contributed by atoms with Gasteiger partial charge in [0.25, 0.3) is 5.91 Å². The molecule has 6 nitrogen and oxygen atoms in total. The summed E-state index contributed by atoms with van der Waals surface area (Å²) >= 11 is 0. The molecule has 0 spiro atoms. The summed E-state index contributed by atoms with van der Waals surface area (Å²) in [7, 11) is 0. The maximum atomic E-state index is 12.1. The van der Waals surface area contributed by atoms with Crippen LogP contribution in [-0.4, -0.2) is 40.9 Å². The van der Waals surface area contributed by atoms with Gasteiger partial charge in [0.15, 0.2) is 5.69 Å². The summed E-state index contributed by atoms with van der Waals surface area (Å²) in [4.78, 5) is 12.1. The van der Waals surface area contributed by atoms with E-state index >= 15 is 0 Å². The predicted octanol–water partition coefficient (Wildman–Crippen LogP) is 0.194. The van der Waals surface area contributed by atoms with E-state index in [-0.39, 0.29) is 12.5 Å². The number of aromatic nitrogens is 2. The van der Waals surface area contributed by atoms with Crippen LogP contribution in [0.1, 0.15) is 41.5 Å². The number of aliphatic hydroxyl groups is 1. The Kier molecular flexibility index (Phi) is 4.93. The molecule has 1 aromatic heterocycles. The van der Waals surface area contributed by atoms with Crippen molar-refractivity contribution >= 4 is 5.91 Å². The van der Waals surface area contributed by atoms with Gasteiger partial charge in [-0.2, -0.15) is 5.10 Å². The Hall–Kier alpha value is -1.40. The molecule has 1 atom stereocenters. The lowest BCUT2D eigenvalue weighted by atomic mass is 10.0. The highest BCUT2D eigenvalue weighted by Crippen LogP contribution is 2.15. The van der Waals surface area contributed by atoms with Crippen molar-refractivity contribution < 1.29 is 9.90 Å². The number of hydrogen-bond acceptors (Lipinski definition) is 4. The molecule has 0 saturated carbocycles. The molecular formula is C13H22N4O2. The zero-order valence-electron chi connectivity index (χ0n) is 11.3. The van der Waals surface area contributed by atoms with Gasteiger partial charge in [-0.15, -0.1) is 0 Å². The van der Waals surface area contributed by atoms with E-state index in [1.165, 1.54) is 0 Å². The van der Waals surface area contributed by atoms with E-state index < -0.39 is 0 Å². The molecule has 6 heteroatoms. The van der Waals surface area contributed by atoms with E-state index in [0.717, 1.165) is 37.1 Å². The summed E-state index contributed by atoms with van der Waals surface area (Å²) in [5.74, 6) is 0.194. The van der Waals surface area contributed by atoms with Gasteiger partial charge in [0.05, 0.1) is 0 Å². The highest BCUT2D eigenvalue weighted by molar-refractivity contribution is 5.94. The van der Waals surface area contributed by atoms with Crippen LogP contribution in [0.25, 0.3) is 0 Å². The molecule has 0 aliphatic carbocycles. The summed E-state index contributed by atoms with van der Waals surface area (Å²) in [5, 5.41) is 22.2. The first kappa shape index (κ1) is 14.0. The lowest BCUT2D eigenvalue weighted by Crippen LogP contribution is -2.32. The SMILES string of the molecule is CCC(CCO)CNC(=O)c1n[nH]c2c1CNCC2. The molecule has 0 aromatic carbocycles. The Balaban J connectivity index is 1.94. The van der Waals surface area contributed by atoms with Gasteiger partial charge in [-0.25, -0.2) is 0 Å². The Morgan fingerprint density at radius 2 is 2.42 bits per heavy atom. The maximum Gasteiger partial charge on any atom is 0.272 e. The van der Waals surface area contributed by atoms with Crippen LogP contribution in [0.15, 0.2) is 0 Å². The van der Waals surface area contributed by atoms with Crippen molar-refractivity contribution in [3.8, 4) is 0 Å². The molecule has 0 bridgehead atoms. The summed E-state index contributed by atoms with van der Waals surface area (Å²) < 4.78 is 0. The lowest BCUT2D eigenvalue weighted by Gasteiger charge is -2.15. The van der Waals surface area contributed by atoms with Gasteiger partial charge in [-0.1, -0.05) is 13.3 Å². The molecule has 1 unspecified atom stereocenters. The first-order chi connectivity index (χ1) is 9.26. The minimum atomic E-state index is -0.127. The molecule has 1 amide bonds. The first-order valence-electron chi connectivity index (χ1n) is 6.92. The van der Waals surface area contributed by atoms with Crippen LogP contribution in [-0.2, 0) is 13.0 Å². The molecule has 1 aromatic rings. The summed E-state index contributed by atoms with van der Waals surface area (Å²) in [6.45, 7) is 4.43. The Morgan fingerprint density at radius 3 is 3.16 bits per heavy atom. The van der Waals surface area contributed by atoms with Crippen molar-refractivity contribution in [2.24, 2.45) is 5.92 Å². The van der Waals surface area contributed by atoms with Crippen molar-refractivity contribution in [3.05, 3.63) is 17.0 Å². The number of aliphatic hydroxyl groups excluding tert-OH is 1. The van der Waals surface area contributed by atoms with Gasteiger partial charge >= 0.3 is 0 Å². The number of aromatic amines is 1. The van der Waals surface area contributed by atoms with Crippen molar-refractivity contribution in [2.45, 2.75) is 32.7 Å². The van der Waals surface area contributed by atoms with Gasteiger partial charge in [-0.05, 0) is 12.3 Å². The number of nitrogens with one attached hydrogen (secondary N) is 3. The highest BCUT2D eigenvalue weighted by atomic mass is 16.3. The second-order valence-electron chi connectivity index (χ2n) is 4.95. The molecule has 0 radical (unpaired) electrons. The van der Waals surface area contributed by atoms with Gasteiger partial charge in [0.2, 0.25) is 0 Å². The van der Waals surface area contributed by atoms with Crippen LogP contribution in [0.3, 0.4) is 0 Å². The third-order valence-electron chi connectivity index (χ3n) is 3.69. The third-order valence-corrected chi connectivity index (χ3v) is 3.69. The molecule has 106 valence electrons. The second-order valence-corrected chi connectivity index (χ2v) is 4.95. The Labute approximate surface area is 113 Å². The Bertz CT molecular complexity index is 430. The standard InChI is InChI=1S/C13H22N4O2/c1-2-9(4-6-18)7-15-13(19)12-10-8-14-5-3-11(10)16-17-12/h9,14,18H,2-8H2,1H3,(H,15,19)(H,16,17). The van der Waals surface area contributed by atoms with Gasteiger partial charge < -0.3 is 15.7 Å². The number of carbonyl (C=O) groups excluding carboxylic acids is 1. The molecule has 0 fully saturated rings. The molecular weight excluding hydrogens is 244 g/mol. The van der Waals surface area contributed by atoms with Crippen LogP contribution in [0, 0.1) is 5.92 Å². The fourth-order valence-corrected chi connectivity index (χ4v) is 2.37. The summed E-state index contributed by atoms with van der Waals surface area (Å²) in [6.07, 6.45) is 2.55. The van der Waals surface area contributed by atoms with Crippen LogP contribution in [0.5, 0.6) is 0 Å². The largest absolute Gasteiger partial charge is 0.396 e. The number of fused-ring (bicyclic) bond motifs is 1. The van der Waals surface area contributed by atoms with E-state index in [1.807, 2.05) is 0 Å². The Morgan fingerprint density at radius 1 is 1.58 bits per heavy atom. The van der Waals surface area contributed by atoms with E-state index in [1.54, 1.807) is 0 Å². The first-order valence-corrected chi connectivity index (χ1v) is 6.92. The van der Waals surface area contributed by atoms with Crippen molar-refractivity contribution in [1.82, 2.24) is 20.8 Å². The number of hydrogen-bond donors (Lipinski definition) is 4. The molecule has 1 aliphatic rings. The fourth-order valence-electron chi connectivity index (χ4n) is 2.37. The van der Waals surface area contributed by atoms with Crippen molar-refractivity contribution in [2.75, 3.05) is 19.7 Å². The smallest absolute Gasteiger partial charge is 0.272 e. The van der Waals surface area contributed by atoms with Crippen LogP contribution in [0.4, 0.5) is 0 Å². The number of amides is 1. The summed E-state index contributed by atoms with van der Waals surface area (Å²) in [5.41, 5.74) is 2.55. The van der Waals surface area contributed by atoms with Gasteiger partial charge in [0.1, 0.15) is 0 Å². The van der Waals surface area contributed by atoms with Gasteiger partial charge in [-0.3, -0.25) is 9.89 Å². The van der Waals surface area contributed by atoms with Crippen molar-refractivity contribution in [3.63, 3.8) is 0 Å². The minimum Gasteiger partial charge on any atom is -0.396 e. The molecule has 0 saturated heterocycles. The zero-order valence-corrected chi connectivity index (χ0v) is 11.3. The number of H-pyrrole nitrogens is 1. The number of carbonyl (C=O) groups is 1. The average molecular weight is 266 g/mol. The normalized spacial score (nSPS) is 15.9. The average Bonchev–Trinajstić information content (AvgIpc) is 2.87. The molecule has 2 heterocycles. The molecule has 2 rings (SSSR count). The summed E-state index contributed by atoms with van der Waals surface area (Å²) in [6, 6.07) is 0. The maximum absolute atomic E-state index is 12.1. The fraction of sp³-hybridized carbons (Fsp3) is 0.692. The van der Waals surface area contributed by atoms with E-state index in [4.69, 9.17) is 5.11 Å². The van der Waals surface area contributed by atoms with Crippen LogP contribution in [0.2, 0.25) is 0 Å².